The molecule has 0 aliphatic rings. The number of carboxylic acids is 1. The lowest BCUT2D eigenvalue weighted by atomic mass is 10.1. The summed E-state index contributed by atoms with van der Waals surface area (Å²) in [5.41, 5.74) is 0. The van der Waals surface area contributed by atoms with Gasteiger partial charge in [0, 0.05) is 12.6 Å². The van der Waals surface area contributed by atoms with Gasteiger partial charge in [-0.2, -0.15) is 0 Å². The Morgan fingerprint density at radius 2 is 1.24 bits per heavy atom. The lowest BCUT2D eigenvalue weighted by molar-refractivity contribution is -0.302. The normalized spacial score (nSPS) is 10.4. The Kier molecular flexibility index (Phi) is 23.0. The molecule has 0 atom stereocenters. The Balaban J connectivity index is 0. The molecule has 0 unspecified atom stereocenters. The van der Waals surface area contributed by atoms with Gasteiger partial charge in [0.1, 0.15) is 0 Å². The zero-order valence-electron chi connectivity index (χ0n) is 14.1. The second-order valence-corrected chi connectivity index (χ2v) is 5.45. The van der Waals surface area contributed by atoms with E-state index < -0.39 is 5.97 Å². The molecule has 0 saturated heterocycles. The number of unbranched alkanes of at least 4 members (excludes halogenated alkanes) is 10. The second kappa shape index (κ2) is 21.5. The van der Waals surface area contributed by atoms with Gasteiger partial charge in [-0.1, -0.05) is 64.0 Å². The number of aliphatic hydroxyl groups is 1. The predicted molar refractivity (Wildman–Crippen MR) is 88.0 cm³/mol. The first-order valence-corrected chi connectivity index (χ1v) is 8.58. The SMILES string of the molecule is CC(=O)[O-].CCCCC/C=C/CCCCCCCCCO. The van der Waals surface area contributed by atoms with E-state index in [0.29, 0.717) is 6.61 Å². The number of allylic oxidation sites excluding steroid dienone is 2. The molecule has 0 radical (unpaired) electrons. The molecule has 0 aliphatic carbocycles. The number of hydrogen-bond donors (Lipinski definition) is 1. The van der Waals surface area contributed by atoms with E-state index in [4.69, 9.17) is 15.0 Å². The van der Waals surface area contributed by atoms with Crippen LogP contribution in [0.2, 0.25) is 0 Å². The second-order valence-electron chi connectivity index (χ2n) is 5.45. The summed E-state index contributed by atoms with van der Waals surface area (Å²) in [6.45, 7) is 3.59. The minimum absolute atomic E-state index is 0.364. The van der Waals surface area contributed by atoms with Gasteiger partial charge in [0.15, 0.2) is 0 Å². The van der Waals surface area contributed by atoms with Crippen molar-refractivity contribution >= 4 is 5.97 Å². The van der Waals surface area contributed by atoms with Gasteiger partial charge in [0.2, 0.25) is 0 Å². The van der Waals surface area contributed by atoms with Gasteiger partial charge >= 0.3 is 0 Å². The molecule has 0 amide bonds. The molecule has 0 saturated carbocycles. The van der Waals surface area contributed by atoms with E-state index in [2.05, 4.69) is 19.1 Å². The third kappa shape index (κ3) is 32.6. The molecule has 0 heterocycles. The number of aliphatic hydroxyl groups excluding tert-OH is 1. The molecule has 0 spiro atoms. The molecule has 0 aromatic rings. The highest BCUT2D eigenvalue weighted by Gasteiger charge is 1.90. The van der Waals surface area contributed by atoms with Crippen LogP contribution in [-0.2, 0) is 4.79 Å². The van der Waals surface area contributed by atoms with Crippen molar-refractivity contribution in [3.8, 4) is 0 Å². The van der Waals surface area contributed by atoms with E-state index in [9.17, 15) is 0 Å². The van der Waals surface area contributed by atoms with Crippen LogP contribution in [0.4, 0.5) is 0 Å². The van der Waals surface area contributed by atoms with E-state index in [-0.39, 0.29) is 0 Å². The standard InChI is InChI=1S/C16H32O.C2H4O2/c1-2-3-4-5-6-7-8-9-10-11-12-13-14-15-16-17;1-2(3)4/h6-7,17H,2-5,8-16H2,1H3;1H3,(H,3,4)/p-1/b7-6+;. The number of rotatable bonds is 13. The summed E-state index contributed by atoms with van der Waals surface area (Å²) in [6, 6.07) is 0. The van der Waals surface area contributed by atoms with Crippen LogP contribution >= 0.6 is 0 Å². The van der Waals surface area contributed by atoms with Crippen LogP contribution < -0.4 is 5.11 Å². The third-order valence-corrected chi connectivity index (χ3v) is 3.17. The van der Waals surface area contributed by atoms with E-state index in [1.807, 2.05) is 0 Å². The minimum Gasteiger partial charge on any atom is -0.550 e. The first-order chi connectivity index (χ1) is 10.1. The minimum atomic E-state index is -1.08. The molecule has 1 N–H and O–H groups in total. The molecule has 126 valence electrons. The molecule has 0 aliphatic heterocycles. The molecule has 0 bridgehead atoms. The van der Waals surface area contributed by atoms with Crippen LogP contribution in [0, 0.1) is 0 Å². The van der Waals surface area contributed by atoms with Gasteiger partial charge in [-0.25, -0.2) is 0 Å². The molecule has 0 rings (SSSR count). The Morgan fingerprint density at radius 3 is 1.67 bits per heavy atom. The number of carboxylic acid groups (broad SMARTS) is 1. The van der Waals surface area contributed by atoms with Gasteiger partial charge < -0.3 is 15.0 Å². The number of aliphatic carboxylic acids is 1. The first kappa shape index (κ1) is 22.5. The molecule has 21 heavy (non-hydrogen) atoms. The predicted octanol–water partition coefficient (Wildman–Crippen LogP) is 3.99. The summed E-state index contributed by atoms with van der Waals surface area (Å²) >= 11 is 0. The topological polar surface area (TPSA) is 60.4 Å². The van der Waals surface area contributed by atoms with Crippen molar-refractivity contribution in [2.75, 3.05) is 6.61 Å². The van der Waals surface area contributed by atoms with E-state index in [1.165, 1.54) is 70.6 Å². The summed E-state index contributed by atoms with van der Waals surface area (Å²) in [5, 5.41) is 17.5. The molecule has 0 aromatic carbocycles. The number of carbonyl (C=O) groups is 1. The highest BCUT2D eigenvalue weighted by atomic mass is 16.4. The quantitative estimate of drug-likeness (QED) is 0.413. The summed E-state index contributed by atoms with van der Waals surface area (Å²) in [5.74, 6) is -1.08. The summed E-state index contributed by atoms with van der Waals surface area (Å²) < 4.78 is 0. The fraction of sp³-hybridized carbons (Fsp3) is 0.833. The smallest absolute Gasteiger partial charge is 0.0431 e. The monoisotopic (exact) mass is 299 g/mol. The Morgan fingerprint density at radius 1 is 0.857 bits per heavy atom. The van der Waals surface area contributed by atoms with Crippen LogP contribution in [0.25, 0.3) is 0 Å². The van der Waals surface area contributed by atoms with E-state index >= 15 is 0 Å². The zero-order chi connectivity index (χ0) is 16.2. The molecule has 3 heteroatoms. The fourth-order valence-electron chi connectivity index (χ4n) is 2.01. The Hall–Kier alpha value is -0.830. The highest BCUT2D eigenvalue weighted by molar-refractivity contribution is 5.60. The Bertz CT molecular complexity index is 221. The van der Waals surface area contributed by atoms with Crippen molar-refractivity contribution < 1.29 is 15.0 Å². The lowest BCUT2D eigenvalue weighted by Gasteiger charge is -1.99. The van der Waals surface area contributed by atoms with Crippen LogP contribution in [0.15, 0.2) is 12.2 Å². The van der Waals surface area contributed by atoms with Gasteiger partial charge in [-0.05, 0) is 39.0 Å². The third-order valence-electron chi connectivity index (χ3n) is 3.17. The van der Waals surface area contributed by atoms with Gasteiger partial charge in [-0.3, -0.25) is 0 Å². The maximum absolute atomic E-state index is 8.89. The maximum Gasteiger partial charge on any atom is 0.0431 e. The van der Waals surface area contributed by atoms with Crippen LogP contribution in [0.5, 0.6) is 0 Å². The van der Waals surface area contributed by atoms with Crippen molar-refractivity contribution in [1.82, 2.24) is 0 Å². The number of hydrogen-bond acceptors (Lipinski definition) is 3. The molecule has 0 fully saturated rings. The van der Waals surface area contributed by atoms with Crippen molar-refractivity contribution in [2.24, 2.45) is 0 Å². The summed E-state index contributed by atoms with van der Waals surface area (Å²) in [6.07, 6.45) is 20.2. The Labute approximate surface area is 131 Å². The lowest BCUT2D eigenvalue weighted by Crippen LogP contribution is -2.16. The van der Waals surface area contributed by atoms with Crippen molar-refractivity contribution in [3.05, 3.63) is 12.2 Å². The zero-order valence-corrected chi connectivity index (χ0v) is 14.1. The molecular formula is C18H35O3-. The molecule has 3 nitrogen and oxygen atoms in total. The molecular weight excluding hydrogens is 264 g/mol. The van der Waals surface area contributed by atoms with Crippen LogP contribution in [-0.4, -0.2) is 17.7 Å². The fourth-order valence-corrected chi connectivity index (χ4v) is 2.01. The first-order valence-electron chi connectivity index (χ1n) is 8.58. The highest BCUT2D eigenvalue weighted by Crippen LogP contribution is 2.09. The summed E-state index contributed by atoms with van der Waals surface area (Å²) in [4.78, 5) is 8.89. The largest absolute Gasteiger partial charge is 0.550 e. The van der Waals surface area contributed by atoms with Gasteiger partial charge in [0.25, 0.3) is 0 Å². The number of carbonyl (C=O) groups excluding carboxylic acids is 1. The molecule has 0 aromatic heterocycles. The summed E-state index contributed by atoms with van der Waals surface area (Å²) in [7, 11) is 0. The van der Waals surface area contributed by atoms with Crippen molar-refractivity contribution in [1.29, 1.82) is 0 Å². The van der Waals surface area contributed by atoms with Crippen LogP contribution in [0.1, 0.15) is 90.9 Å². The average Bonchev–Trinajstić information content (AvgIpc) is 2.43. The average molecular weight is 299 g/mol. The van der Waals surface area contributed by atoms with Gasteiger partial charge in [0.05, 0.1) is 0 Å². The maximum atomic E-state index is 8.89. The van der Waals surface area contributed by atoms with Crippen molar-refractivity contribution in [3.63, 3.8) is 0 Å². The van der Waals surface area contributed by atoms with Crippen LogP contribution in [0.3, 0.4) is 0 Å². The van der Waals surface area contributed by atoms with Crippen molar-refractivity contribution in [2.45, 2.75) is 90.9 Å². The van der Waals surface area contributed by atoms with Gasteiger partial charge in [-0.15, -0.1) is 0 Å². The van der Waals surface area contributed by atoms with E-state index in [1.54, 1.807) is 0 Å². The van der Waals surface area contributed by atoms with E-state index in [0.717, 1.165) is 13.3 Å².